The van der Waals surface area contributed by atoms with Crippen LogP contribution in [0, 0.1) is 5.92 Å². The molecule has 0 radical (unpaired) electrons. The fourth-order valence-electron chi connectivity index (χ4n) is 2.00. The zero-order valence-corrected chi connectivity index (χ0v) is 12.2. The zero-order valence-electron chi connectivity index (χ0n) is 11.4. The number of anilines is 1. The average Bonchev–Trinajstić information content (AvgIpc) is 2.83. The molecule has 1 unspecified atom stereocenters. The molecule has 0 aliphatic carbocycles. The van der Waals surface area contributed by atoms with Crippen molar-refractivity contribution < 1.29 is 13.2 Å². The van der Waals surface area contributed by atoms with E-state index in [0.717, 1.165) is 5.69 Å². The molecule has 7 heteroatoms. The lowest BCUT2D eigenvalue weighted by atomic mass is 9.92. The van der Waals surface area contributed by atoms with Crippen molar-refractivity contribution >= 4 is 21.6 Å². The second-order valence-electron chi connectivity index (χ2n) is 6.01. The van der Waals surface area contributed by atoms with Crippen LogP contribution in [0.5, 0.6) is 0 Å². The van der Waals surface area contributed by atoms with Crippen LogP contribution >= 0.6 is 0 Å². The highest BCUT2D eigenvalue weighted by atomic mass is 32.2. The topological polar surface area (TPSA) is 91.9 Å². The summed E-state index contributed by atoms with van der Waals surface area (Å²) in [6, 6.07) is 1.78. The van der Waals surface area contributed by atoms with Gasteiger partial charge in [0.15, 0.2) is 15.7 Å². The van der Waals surface area contributed by atoms with Crippen molar-refractivity contribution in [2.45, 2.75) is 32.6 Å². The maximum atomic E-state index is 11.9. The summed E-state index contributed by atoms with van der Waals surface area (Å²) in [6.45, 7) is 6.11. The fourth-order valence-corrected chi connectivity index (χ4v) is 3.74. The van der Waals surface area contributed by atoms with Gasteiger partial charge in [-0.05, 0) is 6.42 Å². The normalized spacial score (nSPS) is 22.4. The fraction of sp³-hybridized carbons (Fsp3) is 0.667. The highest BCUT2D eigenvalue weighted by molar-refractivity contribution is 7.91. The summed E-state index contributed by atoms with van der Waals surface area (Å²) in [5.74, 6) is -0.249. The van der Waals surface area contributed by atoms with E-state index in [1.807, 2.05) is 20.8 Å². The molecular weight excluding hydrogens is 266 g/mol. The molecule has 19 heavy (non-hydrogen) atoms. The summed E-state index contributed by atoms with van der Waals surface area (Å²) in [4.78, 5) is 11.9. The van der Waals surface area contributed by atoms with Crippen molar-refractivity contribution in [3.05, 3.63) is 11.8 Å². The van der Waals surface area contributed by atoms with E-state index in [0.29, 0.717) is 12.2 Å². The van der Waals surface area contributed by atoms with Crippen LogP contribution in [-0.4, -0.2) is 36.0 Å². The number of rotatable bonds is 2. The smallest absolute Gasteiger partial charge is 0.229 e. The lowest BCUT2D eigenvalue weighted by molar-refractivity contribution is -0.119. The second kappa shape index (κ2) is 4.63. The van der Waals surface area contributed by atoms with Crippen molar-refractivity contribution in [3.8, 4) is 0 Å². The van der Waals surface area contributed by atoms with Crippen LogP contribution in [0.1, 0.15) is 32.9 Å². The Morgan fingerprint density at radius 1 is 1.47 bits per heavy atom. The molecule has 0 bridgehead atoms. The lowest BCUT2D eigenvalue weighted by Crippen LogP contribution is -2.23. The molecule has 106 valence electrons. The first-order valence-corrected chi connectivity index (χ1v) is 8.07. The molecule has 0 spiro atoms. The van der Waals surface area contributed by atoms with Crippen molar-refractivity contribution in [1.82, 2.24) is 10.2 Å². The van der Waals surface area contributed by atoms with Crippen molar-refractivity contribution in [2.75, 3.05) is 16.8 Å². The van der Waals surface area contributed by atoms with Crippen molar-refractivity contribution in [3.63, 3.8) is 0 Å². The Balaban J connectivity index is 2.02. The van der Waals surface area contributed by atoms with Crippen LogP contribution in [0.4, 0.5) is 5.82 Å². The quantitative estimate of drug-likeness (QED) is 0.850. The van der Waals surface area contributed by atoms with Crippen LogP contribution < -0.4 is 5.32 Å². The minimum atomic E-state index is -3.04. The molecule has 1 saturated heterocycles. The minimum Gasteiger partial charge on any atom is -0.309 e. The van der Waals surface area contributed by atoms with Crippen LogP contribution in [0.25, 0.3) is 0 Å². The number of nitrogens with zero attached hydrogens (tertiary/aromatic N) is 1. The number of hydrogen-bond acceptors (Lipinski definition) is 4. The third-order valence-electron chi connectivity index (χ3n) is 3.24. The Morgan fingerprint density at radius 2 is 2.16 bits per heavy atom. The number of aromatic nitrogens is 2. The Hall–Kier alpha value is -1.37. The summed E-state index contributed by atoms with van der Waals surface area (Å²) in [5.41, 5.74) is 0.842. The van der Waals surface area contributed by atoms with Gasteiger partial charge in [0, 0.05) is 17.2 Å². The van der Waals surface area contributed by atoms with Crippen LogP contribution in [-0.2, 0) is 20.0 Å². The van der Waals surface area contributed by atoms with E-state index in [-0.39, 0.29) is 22.8 Å². The molecule has 1 amide bonds. The van der Waals surface area contributed by atoms with Crippen molar-refractivity contribution in [2.24, 2.45) is 5.92 Å². The predicted molar refractivity (Wildman–Crippen MR) is 72.7 cm³/mol. The largest absolute Gasteiger partial charge is 0.309 e. The maximum Gasteiger partial charge on any atom is 0.229 e. The van der Waals surface area contributed by atoms with Crippen molar-refractivity contribution in [1.29, 1.82) is 0 Å². The van der Waals surface area contributed by atoms with Crippen LogP contribution in [0.15, 0.2) is 6.07 Å². The first-order valence-electron chi connectivity index (χ1n) is 6.24. The van der Waals surface area contributed by atoms with E-state index >= 15 is 0 Å². The van der Waals surface area contributed by atoms with E-state index in [1.54, 1.807) is 6.07 Å². The summed E-state index contributed by atoms with van der Waals surface area (Å²) >= 11 is 0. The van der Waals surface area contributed by atoms with Gasteiger partial charge in [0.05, 0.1) is 17.4 Å². The van der Waals surface area contributed by atoms with Gasteiger partial charge in [-0.25, -0.2) is 8.42 Å². The van der Waals surface area contributed by atoms with Gasteiger partial charge in [-0.2, -0.15) is 5.10 Å². The average molecular weight is 285 g/mol. The van der Waals surface area contributed by atoms with Crippen LogP contribution in [0.3, 0.4) is 0 Å². The number of aromatic amines is 1. The third-order valence-corrected chi connectivity index (χ3v) is 5.01. The van der Waals surface area contributed by atoms with E-state index in [4.69, 9.17) is 0 Å². The molecule has 2 rings (SSSR count). The number of amides is 1. The number of hydrogen-bond donors (Lipinski definition) is 2. The van der Waals surface area contributed by atoms with Gasteiger partial charge < -0.3 is 5.32 Å². The van der Waals surface area contributed by atoms with Gasteiger partial charge in [-0.1, -0.05) is 20.8 Å². The third kappa shape index (κ3) is 3.34. The SMILES string of the molecule is CC(C)(C)c1cc(NC(=O)C2CCS(=O)(=O)C2)n[nH]1. The molecular formula is C12H19N3O3S. The number of carbonyl (C=O) groups excluding carboxylic acids is 1. The maximum absolute atomic E-state index is 11.9. The van der Waals surface area contributed by atoms with Gasteiger partial charge in [0.2, 0.25) is 5.91 Å². The molecule has 1 aliphatic heterocycles. The highest BCUT2D eigenvalue weighted by Crippen LogP contribution is 2.23. The zero-order chi connectivity index (χ0) is 14.3. The van der Waals surface area contributed by atoms with E-state index in [2.05, 4.69) is 15.5 Å². The molecule has 1 aromatic rings. The Kier molecular flexibility index (Phi) is 3.42. The summed E-state index contributed by atoms with van der Waals surface area (Å²) in [5, 5.41) is 9.57. The molecule has 0 saturated carbocycles. The van der Waals surface area contributed by atoms with E-state index in [1.165, 1.54) is 0 Å². The lowest BCUT2D eigenvalue weighted by Gasteiger charge is -2.14. The summed E-state index contributed by atoms with van der Waals surface area (Å²) < 4.78 is 22.7. The Morgan fingerprint density at radius 3 is 2.63 bits per heavy atom. The van der Waals surface area contributed by atoms with Gasteiger partial charge >= 0.3 is 0 Å². The molecule has 1 atom stereocenters. The first-order chi connectivity index (χ1) is 8.67. The number of sulfone groups is 1. The van der Waals surface area contributed by atoms with E-state index < -0.39 is 15.8 Å². The Bertz CT molecular complexity index is 584. The second-order valence-corrected chi connectivity index (χ2v) is 8.23. The number of carbonyl (C=O) groups is 1. The van der Waals surface area contributed by atoms with Gasteiger partial charge in [-0.3, -0.25) is 9.89 Å². The summed E-state index contributed by atoms with van der Waals surface area (Å²) in [6.07, 6.45) is 0.394. The highest BCUT2D eigenvalue weighted by Gasteiger charge is 2.33. The monoisotopic (exact) mass is 285 g/mol. The van der Waals surface area contributed by atoms with Gasteiger partial charge in [0.25, 0.3) is 0 Å². The molecule has 2 N–H and O–H groups in total. The summed E-state index contributed by atoms with van der Waals surface area (Å²) in [7, 11) is -3.04. The molecule has 1 fully saturated rings. The predicted octanol–water partition coefficient (Wildman–Crippen LogP) is 1.08. The molecule has 0 aromatic carbocycles. The molecule has 1 aromatic heterocycles. The number of H-pyrrole nitrogens is 1. The molecule has 6 nitrogen and oxygen atoms in total. The molecule has 2 heterocycles. The Labute approximate surface area is 112 Å². The van der Waals surface area contributed by atoms with E-state index in [9.17, 15) is 13.2 Å². The van der Waals surface area contributed by atoms with Gasteiger partial charge in [-0.15, -0.1) is 0 Å². The standard InChI is InChI=1S/C12H19N3O3S/c1-12(2,3)9-6-10(15-14-9)13-11(16)8-4-5-19(17,18)7-8/h6,8H,4-5,7H2,1-3H3,(H2,13,14,15,16). The minimum absolute atomic E-state index is 0.0601. The van der Waals surface area contributed by atoms with Crippen LogP contribution in [0.2, 0.25) is 0 Å². The first kappa shape index (κ1) is 14.0. The number of nitrogens with one attached hydrogen (secondary N) is 2. The van der Waals surface area contributed by atoms with Gasteiger partial charge in [0.1, 0.15) is 0 Å². The molecule has 1 aliphatic rings.